The Bertz CT molecular complexity index is 1600. The molecule has 1 aliphatic heterocycles. The Morgan fingerprint density at radius 2 is 1.43 bits per heavy atom. The molecule has 3 aromatic rings. The van der Waals surface area contributed by atoms with Gasteiger partial charge in [0.15, 0.2) is 11.6 Å². The quantitative estimate of drug-likeness (QED) is 0.103. The van der Waals surface area contributed by atoms with E-state index in [1.807, 2.05) is 60.7 Å². The maximum atomic E-state index is 13.6. The van der Waals surface area contributed by atoms with Crippen molar-refractivity contribution in [2.45, 2.75) is 109 Å². The van der Waals surface area contributed by atoms with Crippen molar-refractivity contribution in [2.24, 2.45) is 0 Å². The van der Waals surface area contributed by atoms with Crippen molar-refractivity contribution in [1.29, 1.82) is 0 Å². The van der Waals surface area contributed by atoms with E-state index >= 15 is 0 Å². The molecule has 3 aromatic carbocycles. The molecule has 10 nitrogen and oxygen atoms in total. The number of carbonyl (C=O) groups excluding carboxylic acids is 5. The number of piperidine rings is 1. The zero-order chi connectivity index (χ0) is 38.2. The molecule has 2 N–H and O–H groups in total. The van der Waals surface area contributed by atoms with Gasteiger partial charge in [-0.15, -0.1) is 0 Å². The third-order valence-electron chi connectivity index (χ3n) is 9.48. The van der Waals surface area contributed by atoms with E-state index < -0.39 is 23.8 Å². The Morgan fingerprint density at radius 3 is 2.04 bits per heavy atom. The molecule has 0 unspecified atom stereocenters. The fourth-order valence-electron chi connectivity index (χ4n) is 6.68. The molecule has 0 radical (unpaired) electrons. The summed E-state index contributed by atoms with van der Waals surface area (Å²) < 4.78 is 10.6. The highest BCUT2D eigenvalue weighted by molar-refractivity contribution is 5.98. The van der Waals surface area contributed by atoms with E-state index in [1.165, 1.54) is 0 Å². The molecule has 3 amide bonds. The van der Waals surface area contributed by atoms with Gasteiger partial charge in [-0.1, -0.05) is 73.5 Å². The minimum atomic E-state index is -0.820. The molecule has 2 atom stereocenters. The van der Waals surface area contributed by atoms with E-state index in [0.717, 1.165) is 24.0 Å². The van der Waals surface area contributed by atoms with Gasteiger partial charge in [0.25, 0.3) is 0 Å². The van der Waals surface area contributed by atoms with Crippen LogP contribution in [0.3, 0.4) is 0 Å². The summed E-state index contributed by atoms with van der Waals surface area (Å²) in [7, 11) is 1.56. The van der Waals surface area contributed by atoms with Gasteiger partial charge in [0, 0.05) is 43.8 Å². The third kappa shape index (κ3) is 13.2. The fraction of sp³-hybridized carbons (Fsp3) is 0.465. The van der Waals surface area contributed by atoms with E-state index in [-0.39, 0.29) is 42.1 Å². The Kier molecular flexibility index (Phi) is 15.6. The van der Waals surface area contributed by atoms with Crippen LogP contribution in [0.1, 0.15) is 112 Å². The number of nitrogens with one attached hydrogen (secondary N) is 2. The van der Waals surface area contributed by atoms with Crippen LogP contribution < -0.4 is 15.4 Å². The Labute approximate surface area is 314 Å². The highest BCUT2D eigenvalue weighted by Gasteiger charge is 2.32. The molecule has 0 bridgehead atoms. The zero-order valence-corrected chi connectivity index (χ0v) is 31.6. The van der Waals surface area contributed by atoms with Crippen LogP contribution in [0, 0.1) is 0 Å². The Morgan fingerprint density at radius 1 is 0.792 bits per heavy atom. The lowest BCUT2D eigenvalue weighted by Gasteiger charge is -2.35. The number of ether oxygens (including phenoxy) is 2. The highest BCUT2D eigenvalue weighted by atomic mass is 16.6. The van der Waals surface area contributed by atoms with Crippen molar-refractivity contribution in [3.05, 3.63) is 102 Å². The molecule has 1 heterocycles. The highest BCUT2D eigenvalue weighted by Crippen LogP contribution is 2.25. The number of unbranched alkanes of at least 4 members (excludes halogenated alkanes) is 2. The molecule has 53 heavy (non-hydrogen) atoms. The molecule has 1 fully saturated rings. The van der Waals surface area contributed by atoms with Crippen LogP contribution in [0.2, 0.25) is 0 Å². The number of nitrogens with zero attached hydrogens (tertiary/aromatic N) is 1. The van der Waals surface area contributed by atoms with E-state index in [9.17, 15) is 24.0 Å². The second-order valence-electron chi connectivity index (χ2n) is 14.6. The number of methoxy groups -OCH3 is 1. The van der Waals surface area contributed by atoms with Gasteiger partial charge in [0.1, 0.15) is 17.4 Å². The van der Waals surface area contributed by atoms with Crippen molar-refractivity contribution in [1.82, 2.24) is 15.5 Å². The standard InChI is InChI=1S/C43H55N3O7/c1-43(2,3)53-42(51)45-36(41(50)44-30-35(31-16-8-5-9-17-31)32-18-10-6-11-19-32)20-12-7-13-22-39(48)37-21-14-15-29-46(37)40(49)28-27-38(47)33-23-25-34(52-4)26-24-33/h5-6,8-11,16-19,23-26,35-37H,7,12-15,20-22,27-30H2,1-4H3,(H,44,50)(H,45,51)/t36-,37-/m0/s1. The zero-order valence-electron chi connectivity index (χ0n) is 31.6. The van der Waals surface area contributed by atoms with Crippen LogP contribution in [-0.2, 0) is 19.1 Å². The van der Waals surface area contributed by atoms with Crippen molar-refractivity contribution in [3.8, 4) is 5.75 Å². The molecule has 1 aliphatic rings. The van der Waals surface area contributed by atoms with Gasteiger partial charge in [-0.05, 0) is 88.3 Å². The van der Waals surface area contributed by atoms with Crippen molar-refractivity contribution in [2.75, 3.05) is 20.2 Å². The molecule has 284 valence electrons. The Balaban J connectivity index is 1.29. The molecule has 10 heteroatoms. The number of benzene rings is 3. The molecule has 0 aromatic heterocycles. The fourth-order valence-corrected chi connectivity index (χ4v) is 6.68. The van der Waals surface area contributed by atoms with Gasteiger partial charge in [-0.25, -0.2) is 4.79 Å². The first-order valence-electron chi connectivity index (χ1n) is 18.8. The summed E-state index contributed by atoms with van der Waals surface area (Å²) in [5.74, 6) is 0.00534. The van der Waals surface area contributed by atoms with Gasteiger partial charge in [0.05, 0.1) is 13.2 Å². The van der Waals surface area contributed by atoms with Crippen LogP contribution in [0.25, 0.3) is 0 Å². The molecule has 0 spiro atoms. The summed E-state index contributed by atoms with van der Waals surface area (Å²) in [6.07, 6.45) is 4.33. The number of hydrogen-bond donors (Lipinski definition) is 2. The average molecular weight is 726 g/mol. The lowest BCUT2D eigenvalue weighted by atomic mass is 9.91. The summed E-state index contributed by atoms with van der Waals surface area (Å²) in [5, 5.41) is 5.84. The van der Waals surface area contributed by atoms with Crippen LogP contribution >= 0.6 is 0 Å². The van der Waals surface area contributed by atoms with Crippen molar-refractivity contribution < 1.29 is 33.4 Å². The average Bonchev–Trinajstić information content (AvgIpc) is 3.16. The summed E-state index contributed by atoms with van der Waals surface area (Å²) >= 11 is 0. The van der Waals surface area contributed by atoms with Crippen molar-refractivity contribution >= 4 is 29.5 Å². The molecule has 0 saturated carbocycles. The monoisotopic (exact) mass is 725 g/mol. The number of rotatable bonds is 18. The minimum Gasteiger partial charge on any atom is -0.497 e. The number of alkyl carbamates (subject to hydrolysis) is 1. The van der Waals surface area contributed by atoms with Crippen molar-refractivity contribution in [3.63, 3.8) is 0 Å². The number of carbonyl (C=O) groups is 5. The number of amides is 3. The van der Waals surface area contributed by atoms with Crippen LogP contribution in [0.4, 0.5) is 4.79 Å². The van der Waals surface area contributed by atoms with Gasteiger partial charge in [-0.2, -0.15) is 0 Å². The normalized spacial score (nSPS) is 15.0. The summed E-state index contributed by atoms with van der Waals surface area (Å²) in [6, 6.07) is 25.5. The molecular weight excluding hydrogens is 670 g/mol. The lowest BCUT2D eigenvalue weighted by Crippen LogP contribution is -2.49. The van der Waals surface area contributed by atoms with Crippen LogP contribution in [0.5, 0.6) is 5.75 Å². The van der Waals surface area contributed by atoms with E-state index in [2.05, 4.69) is 10.6 Å². The Hall–Kier alpha value is -4.99. The van der Waals surface area contributed by atoms with Gasteiger partial charge >= 0.3 is 6.09 Å². The lowest BCUT2D eigenvalue weighted by molar-refractivity contribution is -0.141. The molecule has 0 aliphatic carbocycles. The first kappa shape index (κ1) is 40.8. The van der Waals surface area contributed by atoms with Crippen LogP contribution in [-0.4, -0.2) is 72.3 Å². The summed E-state index contributed by atoms with van der Waals surface area (Å²) in [5.41, 5.74) is 1.94. The number of ketones is 2. The van der Waals surface area contributed by atoms with Gasteiger partial charge in [0.2, 0.25) is 11.8 Å². The molecular formula is C43H55N3O7. The molecule has 1 saturated heterocycles. The SMILES string of the molecule is COc1ccc(C(=O)CCC(=O)N2CCCC[C@H]2C(=O)CCCCC[C@H](NC(=O)OC(C)(C)C)C(=O)NCC(c2ccccc2)c2ccccc2)cc1. The molecule has 4 rings (SSSR count). The van der Waals surface area contributed by atoms with Gasteiger partial charge in [-0.3, -0.25) is 19.2 Å². The third-order valence-corrected chi connectivity index (χ3v) is 9.48. The van der Waals surface area contributed by atoms with Crippen LogP contribution in [0.15, 0.2) is 84.9 Å². The van der Waals surface area contributed by atoms with Gasteiger partial charge < -0.3 is 25.0 Å². The van der Waals surface area contributed by atoms with E-state index in [1.54, 1.807) is 57.0 Å². The minimum absolute atomic E-state index is 0.0218. The number of Topliss-reactive ketones (excluding diaryl/α,β-unsaturated/α-hetero) is 2. The maximum Gasteiger partial charge on any atom is 0.408 e. The first-order chi connectivity index (χ1) is 25.4. The topological polar surface area (TPSA) is 131 Å². The maximum absolute atomic E-state index is 13.6. The smallest absolute Gasteiger partial charge is 0.408 e. The number of likely N-dealkylation sites (tertiary alicyclic amines) is 1. The van der Waals surface area contributed by atoms with E-state index in [4.69, 9.17) is 9.47 Å². The largest absolute Gasteiger partial charge is 0.497 e. The number of hydrogen-bond acceptors (Lipinski definition) is 7. The summed E-state index contributed by atoms with van der Waals surface area (Å²) in [4.78, 5) is 67.3. The second-order valence-corrected chi connectivity index (χ2v) is 14.6. The summed E-state index contributed by atoms with van der Waals surface area (Å²) in [6.45, 7) is 6.17. The van der Waals surface area contributed by atoms with E-state index in [0.29, 0.717) is 62.9 Å². The predicted molar refractivity (Wildman–Crippen MR) is 205 cm³/mol. The second kappa shape index (κ2) is 20.3. The predicted octanol–water partition coefficient (Wildman–Crippen LogP) is 7.40. The first-order valence-corrected chi connectivity index (χ1v) is 18.8.